The van der Waals surface area contributed by atoms with Crippen LogP contribution in [0.1, 0.15) is 0 Å². The monoisotopic (exact) mass is 328 g/mol. The van der Waals surface area contributed by atoms with Crippen LogP contribution in [0.2, 0.25) is 0 Å². The molecule has 0 N–H and O–H groups in total. The van der Waals surface area contributed by atoms with Crippen molar-refractivity contribution in [3.63, 3.8) is 0 Å². The summed E-state index contributed by atoms with van der Waals surface area (Å²) >= 11 is 0. The summed E-state index contributed by atoms with van der Waals surface area (Å²) in [6, 6.07) is 8.09. The molecule has 2 rings (SSSR count). The minimum atomic E-state index is -10.7. The summed E-state index contributed by atoms with van der Waals surface area (Å²) in [5.74, 6) is 0. The van der Waals surface area contributed by atoms with Crippen LogP contribution in [-0.4, -0.2) is 4.98 Å². The van der Waals surface area contributed by atoms with Gasteiger partial charge in [-0.2, -0.15) is 4.57 Å². The molecule has 0 radical (unpaired) electrons. The summed E-state index contributed by atoms with van der Waals surface area (Å²) < 4.78 is 61.1. The summed E-state index contributed by atoms with van der Waals surface area (Å²) in [6.45, 7) is 3.69. The summed E-state index contributed by atoms with van der Waals surface area (Å²) in [6.07, 6.45) is 9.30. The SMILES string of the molecule is C=C[n+]1ccc(-c2ccncc2)cc1.F[P-](F)(F)(F)(F)F. The molecule has 0 spiro atoms. The van der Waals surface area contributed by atoms with Crippen LogP contribution in [0.3, 0.4) is 0 Å². The molecule has 0 aliphatic rings. The topological polar surface area (TPSA) is 16.8 Å². The Labute approximate surface area is 116 Å². The van der Waals surface area contributed by atoms with E-state index in [1.165, 1.54) is 11.1 Å². The van der Waals surface area contributed by atoms with E-state index in [1.807, 2.05) is 29.1 Å². The van der Waals surface area contributed by atoms with Crippen LogP contribution in [0, 0.1) is 0 Å². The molecule has 2 aromatic rings. The Morgan fingerprint density at radius 3 is 1.62 bits per heavy atom. The van der Waals surface area contributed by atoms with Gasteiger partial charge in [0.2, 0.25) is 0 Å². The molecule has 0 fully saturated rings. The summed E-state index contributed by atoms with van der Waals surface area (Å²) in [4.78, 5) is 3.98. The van der Waals surface area contributed by atoms with Gasteiger partial charge in [-0.3, -0.25) is 4.98 Å². The van der Waals surface area contributed by atoms with Gasteiger partial charge in [-0.25, -0.2) is 0 Å². The van der Waals surface area contributed by atoms with Gasteiger partial charge in [-0.05, 0) is 29.8 Å². The van der Waals surface area contributed by atoms with Crippen molar-refractivity contribution < 1.29 is 29.7 Å². The standard InChI is InChI=1S/C12H11N2.F6P/c1-2-14-9-5-12(6-10-14)11-3-7-13-8-4-11;1-7(2,3,4,5)6/h2-10H,1H2;/q+1;-1. The molecule has 2 heterocycles. The number of pyridine rings is 2. The summed E-state index contributed by atoms with van der Waals surface area (Å²) in [5.41, 5.74) is 2.36. The summed E-state index contributed by atoms with van der Waals surface area (Å²) in [5, 5.41) is 0. The van der Waals surface area contributed by atoms with Gasteiger partial charge in [0, 0.05) is 24.5 Å². The van der Waals surface area contributed by atoms with Crippen LogP contribution in [-0.2, 0) is 0 Å². The number of halogens is 6. The van der Waals surface area contributed by atoms with Gasteiger partial charge >= 0.3 is 33.0 Å². The third kappa shape index (κ3) is 9.56. The molecule has 0 unspecified atom stereocenters. The fourth-order valence-electron chi connectivity index (χ4n) is 1.30. The van der Waals surface area contributed by atoms with E-state index in [0.29, 0.717) is 0 Å². The molecule has 2 nitrogen and oxygen atoms in total. The quantitative estimate of drug-likeness (QED) is 0.403. The van der Waals surface area contributed by atoms with E-state index in [2.05, 4.69) is 23.7 Å². The predicted octanol–water partition coefficient (Wildman–Crippen LogP) is 5.52. The molecule has 0 saturated carbocycles. The molecule has 2 aromatic heterocycles. The molecule has 0 atom stereocenters. The van der Waals surface area contributed by atoms with Crippen LogP contribution in [0.5, 0.6) is 0 Å². The van der Waals surface area contributed by atoms with Crippen molar-refractivity contribution in [3.8, 4) is 11.1 Å². The van der Waals surface area contributed by atoms with Crippen molar-refractivity contribution in [1.29, 1.82) is 0 Å². The number of nitrogens with zero attached hydrogens (tertiary/aromatic N) is 2. The normalized spacial score (nSPS) is 14.2. The molecular weight excluding hydrogens is 317 g/mol. The van der Waals surface area contributed by atoms with Gasteiger partial charge < -0.3 is 0 Å². The van der Waals surface area contributed by atoms with Crippen molar-refractivity contribution >= 4 is 14.0 Å². The molecule has 116 valence electrons. The number of rotatable bonds is 2. The second kappa shape index (κ2) is 5.11. The average Bonchev–Trinajstić information content (AvgIpc) is 2.36. The first-order valence-corrected chi connectivity index (χ1v) is 7.48. The molecule has 0 aliphatic carbocycles. The fourth-order valence-corrected chi connectivity index (χ4v) is 1.30. The van der Waals surface area contributed by atoms with Gasteiger partial charge in [0.05, 0.1) is 0 Å². The van der Waals surface area contributed by atoms with Gasteiger partial charge in [0.1, 0.15) is 0 Å². The van der Waals surface area contributed by atoms with Gasteiger partial charge in [-0.1, -0.05) is 0 Å². The van der Waals surface area contributed by atoms with Crippen LogP contribution < -0.4 is 4.57 Å². The molecule has 0 bridgehead atoms. The van der Waals surface area contributed by atoms with Gasteiger partial charge in [0.15, 0.2) is 18.6 Å². The predicted molar refractivity (Wildman–Crippen MR) is 69.8 cm³/mol. The molecule has 0 aliphatic heterocycles. The zero-order valence-electron chi connectivity index (χ0n) is 10.5. The Hall–Kier alpha value is -1.95. The third-order valence-corrected chi connectivity index (χ3v) is 2.08. The Morgan fingerprint density at radius 1 is 0.857 bits per heavy atom. The van der Waals surface area contributed by atoms with E-state index in [9.17, 15) is 25.2 Å². The summed E-state index contributed by atoms with van der Waals surface area (Å²) in [7, 11) is -10.7. The van der Waals surface area contributed by atoms with E-state index < -0.39 is 7.81 Å². The third-order valence-electron chi connectivity index (χ3n) is 2.08. The minimum absolute atomic E-state index is 1.18. The van der Waals surface area contributed by atoms with E-state index in [1.54, 1.807) is 18.6 Å². The van der Waals surface area contributed by atoms with Crippen LogP contribution in [0.15, 0.2) is 55.6 Å². The Morgan fingerprint density at radius 2 is 1.24 bits per heavy atom. The molecule has 0 amide bonds. The van der Waals surface area contributed by atoms with E-state index in [0.717, 1.165) is 0 Å². The molecule has 0 saturated heterocycles. The zero-order chi connectivity index (χ0) is 16.2. The van der Waals surface area contributed by atoms with E-state index >= 15 is 0 Å². The molecule has 0 aromatic carbocycles. The second-order valence-electron chi connectivity index (χ2n) is 3.91. The van der Waals surface area contributed by atoms with E-state index in [4.69, 9.17) is 0 Å². The Kier molecular flexibility index (Phi) is 4.16. The Balaban J connectivity index is 0.000000270. The molecule has 21 heavy (non-hydrogen) atoms. The van der Waals surface area contributed by atoms with Crippen molar-refractivity contribution in [2.24, 2.45) is 0 Å². The van der Waals surface area contributed by atoms with Crippen LogP contribution in [0.25, 0.3) is 17.3 Å². The first kappa shape index (κ1) is 17.1. The number of hydrogen-bond donors (Lipinski definition) is 0. The number of hydrogen-bond acceptors (Lipinski definition) is 1. The maximum absolute atomic E-state index is 10.7. The van der Waals surface area contributed by atoms with Crippen molar-refractivity contribution in [1.82, 2.24) is 4.98 Å². The second-order valence-corrected chi connectivity index (χ2v) is 5.83. The maximum atomic E-state index is 9.87. The van der Waals surface area contributed by atoms with Crippen molar-refractivity contribution in [3.05, 3.63) is 55.6 Å². The van der Waals surface area contributed by atoms with Crippen LogP contribution >= 0.6 is 7.81 Å². The van der Waals surface area contributed by atoms with E-state index in [-0.39, 0.29) is 0 Å². The van der Waals surface area contributed by atoms with Crippen molar-refractivity contribution in [2.75, 3.05) is 0 Å². The number of aromatic nitrogens is 2. The Bertz CT molecular complexity index is 596. The fraction of sp³-hybridized carbons (Fsp3) is 0. The van der Waals surface area contributed by atoms with Crippen molar-refractivity contribution in [2.45, 2.75) is 0 Å². The van der Waals surface area contributed by atoms with Crippen LogP contribution in [0.4, 0.5) is 25.2 Å². The van der Waals surface area contributed by atoms with Gasteiger partial charge in [-0.15, -0.1) is 0 Å². The molecular formula is C12H11F6N2P. The first-order chi connectivity index (χ1) is 9.35. The average molecular weight is 328 g/mol. The zero-order valence-corrected chi connectivity index (χ0v) is 11.4. The first-order valence-electron chi connectivity index (χ1n) is 5.45. The van der Waals surface area contributed by atoms with Gasteiger partial charge in [0.25, 0.3) is 0 Å². The molecule has 9 heteroatoms.